The Balaban J connectivity index is 1.75. The molecule has 3 rings (SSSR count). The number of nitrogens with zero attached hydrogens (tertiary/aromatic N) is 2. The molecule has 1 aromatic heterocycles. The van der Waals surface area contributed by atoms with E-state index in [-0.39, 0.29) is 29.7 Å². The minimum absolute atomic E-state index is 0.0552. The van der Waals surface area contributed by atoms with Gasteiger partial charge in [-0.15, -0.1) is 0 Å². The highest BCUT2D eigenvalue weighted by molar-refractivity contribution is 5.89. The van der Waals surface area contributed by atoms with Crippen LogP contribution in [0.25, 0.3) is 11.0 Å². The molecule has 1 saturated heterocycles. The van der Waals surface area contributed by atoms with E-state index < -0.39 is 0 Å². The largest absolute Gasteiger partial charge is 0.346 e. The molecule has 6 nitrogen and oxygen atoms in total. The molecule has 6 heteroatoms. The van der Waals surface area contributed by atoms with E-state index in [2.05, 4.69) is 43.0 Å². The Morgan fingerprint density at radius 3 is 2.74 bits per heavy atom. The quantitative estimate of drug-likeness (QED) is 0.785. The summed E-state index contributed by atoms with van der Waals surface area (Å²) in [6.45, 7) is 9.61. The first-order valence-corrected chi connectivity index (χ1v) is 9.91. The van der Waals surface area contributed by atoms with Crippen molar-refractivity contribution in [3.63, 3.8) is 0 Å². The van der Waals surface area contributed by atoms with Crippen LogP contribution in [0.2, 0.25) is 0 Å². The van der Waals surface area contributed by atoms with Crippen LogP contribution in [0.1, 0.15) is 52.4 Å². The summed E-state index contributed by atoms with van der Waals surface area (Å²) in [6, 6.07) is 7.68. The third-order valence-corrected chi connectivity index (χ3v) is 5.38. The van der Waals surface area contributed by atoms with E-state index in [1.807, 2.05) is 29.2 Å². The standard InChI is InChI=1S/C21H30N4O2/c1-5-14(4)19(20-22-16-8-6-7-9-17(16)23-20)24-21(27)15-10-18(26)25(12-15)11-13(2)3/h6-9,13-15,19H,5,10-12H2,1-4H3,(H,22,23)(H,24,27)/t14-,15+,19+/m0/s1. The number of H-pyrrole nitrogens is 1. The molecule has 1 aliphatic heterocycles. The second-order valence-corrected chi connectivity index (χ2v) is 8.10. The Kier molecular flexibility index (Phi) is 5.82. The number of nitrogens with one attached hydrogen (secondary N) is 2. The van der Waals surface area contributed by atoms with Crippen molar-refractivity contribution >= 4 is 22.8 Å². The molecule has 0 bridgehead atoms. The van der Waals surface area contributed by atoms with Crippen LogP contribution in [0.15, 0.2) is 24.3 Å². The van der Waals surface area contributed by atoms with Crippen LogP contribution in [-0.4, -0.2) is 39.8 Å². The minimum Gasteiger partial charge on any atom is -0.346 e. The van der Waals surface area contributed by atoms with Gasteiger partial charge in [-0.3, -0.25) is 9.59 Å². The summed E-state index contributed by atoms with van der Waals surface area (Å²) in [5.74, 6) is 1.15. The van der Waals surface area contributed by atoms with Gasteiger partial charge in [-0.25, -0.2) is 4.98 Å². The van der Waals surface area contributed by atoms with Crippen molar-refractivity contribution < 1.29 is 9.59 Å². The van der Waals surface area contributed by atoms with Gasteiger partial charge in [0.05, 0.1) is 23.0 Å². The number of aromatic nitrogens is 2. The molecule has 2 heterocycles. The van der Waals surface area contributed by atoms with Gasteiger partial charge in [0.2, 0.25) is 11.8 Å². The normalized spacial score (nSPS) is 19.7. The fourth-order valence-corrected chi connectivity index (χ4v) is 3.67. The number of fused-ring (bicyclic) bond motifs is 1. The van der Waals surface area contributed by atoms with Gasteiger partial charge < -0.3 is 15.2 Å². The average molecular weight is 370 g/mol. The van der Waals surface area contributed by atoms with Crippen LogP contribution >= 0.6 is 0 Å². The third kappa shape index (κ3) is 4.31. The maximum Gasteiger partial charge on any atom is 0.226 e. The molecule has 0 spiro atoms. The molecule has 27 heavy (non-hydrogen) atoms. The molecule has 1 aromatic carbocycles. The third-order valence-electron chi connectivity index (χ3n) is 5.38. The summed E-state index contributed by atoms with van der Waals surface area (Å²) in [5.41, 5.74) is 1.86. The highest BCUT2D eigenvalue weighted by Gasteiger charge is 2.36. The van der Waals surface area contributed by atoms with Gasteiger partial charge in [0, 0.05) is 19.5 Å². The highest BCUT2D eigenvalue weighted by Crippen LogP contribution is 2.26. The second kappa shape index (κ2) is 8.11. The first kappa shape index (κ1) is 19.4. The zero-order valence-corrected chi connectivity index (χ0v) is 16.7. The van der Waals surface area contributed by atoms with Crippen molar-refractivity contribution in [1.82, 2.24) is 20.2 Å². The lowest BCUT2D eigenvalue weighted by molar-refractivity contribution is -0.129. The molecular formula is C21H30N4O2. The Labute approximate surface area is 160 Å². The summed E-state index contributed by atoms with van der Waals surface area (Å²) >= 11 is 0. The van der Waals surface area contributed by atoms with Gasteiger partial charge in [-0.1, -0.05) is 46.2 Å². The number of aromatic amines is 1. The number of carbonyl (C=O) groups is 2. The van der Waals surface area contributed by atoms with Crippen molar-refractivity contribution in [3.8, 4) is 0 Å². The monoisotopic (exact) mass is 370 g/mol. The summed E-state index contributed by atoms with van der Waals surface area (Å²) in [4.78, 5) is 35.0. The van der Waals surface area contributed by atoms with E-state index in [1.165, 1.54) is 0 Å². The Bertz CT molecular complexity index is 780. The number of hydrogen-bond donors (Lipinski definition) is 2. The fourth-order valence-electron chi connectivity index (χ4n) is 3.67. The molecule has 2 N–H and O–H groups in total. The van der Waals surface area contributed by atoms with Crippen molar-refractivity contribution in [3.05, 3.63) is 30.1 Å². The Morgan fingerprint density at radius 1 is 1.33 bits per heavy atom. The number of rotatable bonds is 7. The van der Waals surface area contributed by atoms with Gasteiger partial charge in [0.1, 0.15) is 5.82 Å². The molecule has 2 amide bonds. The van der Waals surface area contributed by atoms with Crippen molar-refractivity contribution in [2.45, 2.75) is 46.6 Å². The zero-order valence-electron chi connectivity index (χ0n) is 16.7. The fraction of sp³-hybridized carbons (Fsp3) is 0.571. The van der Waals surface area contributed by atoms with Crippen LogP contribution in [-0.2, 0) is 9.59 Å². The molecule has 1 aliphatic rings. The van der Waals surface area contributed by atoms with Crippen LogP contribution in [0.5, 0.6) is 0 Å². The molecule has 0 radical (unpaired) electrons. The molecule has 146 valence electrons. The topological polar surface area (TPSA) is 78.1 Å². The Hall–Kier alpha value is -2.37. The summed E-state index contributed by atoms with van der Waals surface area (Å²) in [5, 5.41) is 3.17. The number of imidazole rings is 1. The van der Waals surface area contributed by atoms with E-state index in [0.29, 0.717) is 25.4 Å². The Morgan fingerprint density at radius 2 is 2.07 bits per heavy atom. The van der Waals surface area contributed by atoms with Gasteiger partial charge in [-0.2, -0.15) is 0 Å². The van der Waals surface area contributed by atoms with E-state index in [9.17, 15) is 9.59 Å². The first-order chi connectivity index (χ1) is 12.9. The van der Waals surface area contributed by atoms with E-state index >= 15 is 0 Å². The zero-order chi connectivity index (χ0) is 19.6. The molecule has 0 saturated carbocycles. The van der Waals surface area contributed by atoms with Gasteiger partial charge in [0.25, 0.3) is 0 Å². The van der Waals surface area contributed by atoms with Gasteiger partial charge in [0.15, 0.2) is 0 Å². The maximum absolute atomic E-state index is 12.9. The van der Waals surface area contributed by atoms with E-state index in [1.54, 1.807) is 0 Å². The highest BCUT2D eigenvalue weighted by atomic mass is 16.2. The lowest BCUT2D eigenvalue weighted by Gasteiger charge is -2.24. The van der Waals surface area contributed by atoms with Gasteiger partial charge in [-0.05, 0) is 24.0 Å². The molecule has 0 unspecified atom stereocenters. The van der Waals surface area contributed by atoms with Crippen molar-refractivity contribution in [1.29, 1.82) is 0 Å². The number of amides is 2. The number of benzene rings is 1. The lowest BCUT2D eigenvalue weighted by Crippen LogP contribution is -2.38. The van der Waals surface area contributed by atoms with Crippen molar-refractivity contribution in [2.24, 2.45) is 17.8 Å². The lowest BCUT2D eigenvalue weighted by atomic mass is 9.97. The van der Waals surface area contributed by atoms with Crippen LogP contribution < -0.4 is 5.32 Å². The van der Waals surface area contributed by atoms with Crippen LogP contribution in [0, 0.1) is 17.8 Å². The molecule has 1 fully saturated rings. The summed E-state index contributed by atoms with van der Waals surface area (Å²) in [7, 11) is 0. The summed E-state index contributed by atoms with van der Waals surface area (Å²) < 4.78 is 0. The molecule has 0 aliphatic carbocycles. The molecular weight excluding hydrogens is 340 g/mol. The van der Waals surface area contributed by atoms with Gasteiger partial charge >= 0.3 is 0 Å². The maximum atomic E-state index is 12.9. The second-order valence-electron chi connectivity index (χ2n) is 8.10. The SMILES string of the molecule is CC[C@H](C)[C@@H](NC(=O)[C@@H]1CC(=O)N(CC(C)C)C1)c1nc2ccccc2[nH]1. The first-order valence-electron chi connectivity index (χ1n) is 9.91. The minimum atomic E-state index is -0.285. The smallest absolute Gasteiger partial charge is 0.226 e. The van der Waals surface area contributed by atoms with E-state index in [4.69, 9.17) is 0 Å². The number of para-hydroxylation sites is 2. The molecule has 2 aromatic rings. The summed E-state index contributed by atoms with van der Waals surface area (Å²) in [6.07, 6.45) is 1.22. The predicted octanol–water partition coefficient (Wildman–Crippen LogP) is 3.27. The molecule has 3 atom stereocenters. The number of likely N-dealkylation sites (tertiary alicyclic amines) is 1. The average Bonchev–Trinajstić information content (AvgIpc) is 3.22. The van der Waals surface area contributed by atoms with E-state index in [0.717, 1.165) is 23.3 Å². The van der Waals surface area contributed by atoms with Crippen molar-refractivity contribution in [2.75, 3.05) is 13.1 Å². The number of carbonyl (C=O) groups excluding carboxylic acids is 2. The van der Waals surface area contributed by atoms with Crippen LogP contribution in [0.4, 0.5) is 0 Å². The van der Waals surface area contributed by atoms with Crippen LogP contribution in [0.3, 0.4) is 0 Å². The predicted molar refractivity (Wildman–Crippen MR) is 106 cm³/mol. The number of hydrogen-bond acceptors (Lipinski definition) is 3.